The number of halogens is 1. The van der Waals surface area contributed by atoms with Gasteiger partial charge in [0, 0.05) is 44.7 Å². The smallest absolute Gasteiger partial charge is 0.224 e. The highest BCUT2D eigenvalue weighted by Crippen LogP contribution is 2.30. The molecule has 6 heteroatoms. The first-order valence-corrected chi connectivity index (χ1v) is 9.76. The number of rotatable bonds is 6. The molecule has 1 saturated heterocycles. The molecule has 0 aromatic heterocycles. The molecule has 1 fully saturated rings. The number of nitrogens with zero attached hydrogens (tertiary/aromatic N) is 2. The molecule has 0 radical (unpaired) electrons. The fraction of sp³-hybridized carbons (Fsp3) is 0.600. The van der Waals surface area contributed by atoms with Crippen molar-refractivity contribution in [2.75, 3.05) is 36.4 Å². The number of hydrogen-bond acceptors (Lipinski definition) is 3. The summed E-state index contributed by atoms with van der Waals surface area (Å²) in [6, 6.07) is 5.63. The van der Waals surface area contributed by atoms with Gasteiger partial charge in [0.05, 0.1) is 10.7 Å². The SMILES string of the molecule is CC(C)CC(=O)Nc1ccc(N2CCN(C(=O)CC(C)C)CC2)c(Cl)c1. The number of carbonyl (C=O) groups excluding carboxylic acids is 2. The molecule has 2 amide bonds. The number of carbonyl (C=O) groups is 2. The van der Waals surface area contributed by atoms with Crippen LogP contribution in [0.2, 0.25) is 5.02 Å². The average molecular weight is 380 g/mol. The van der Waals surface area contributed by atoms with Crippen molar-refractivity contribution in [2.24, 2.45) is 11.8 Å². The quantitative estimate of drug-likeness (QED) is 0.812. The van der Waals surface area contributed by atoms with Gasteiger partial charge in [-0.2, -0.15) is 0 Å². The van der Waals surface area contributed by atoms with Crippen LogP contribution in [0.5, 0.6) is 0 Å². The minimum atomic E-state index is 0.00101. The summed E-state index contributed by atoms with van der Waals surface area (Å²) in [5.74, 6) is 0.933. The lowest BCUT2D eigenvalue weighted by Gasteiger charge is -2.36. The molecule has 1 aromatic carbocycles. The molecule has 5 nitrogen and oxygen atoms in total. The van der Waals surface area contributed by atoms with Crippen LogP contribution in [0.4, 0.5) is 11.4 Å². The Kier molecular flexibility index (Phi) is 7.33. The lowest BCUT2D eigenvalue weighted by molar-refractivity contribution is -0.132. The van der Waals surface area contributed by atoms with E-state index < -0.39 is 0 Å². The Balaban J connectivity index is 1.94. The zero-order valence-corrected chi connectivity index (χ0v) is 17.0. The van der Waals surface area contributed by atoms with Crippen molar-refractivity contribution in [1.29, 1.82) is 0 Å². The van der Waals surface area contributed by atoms with Crippen LogP contribution >= 0.6 is 11.6 Å². The molecule has 0 spiro atoms. The first-order chi connectivity index (χ1) is 12.3. The van der Waals surface area contributed by atoms with Crippen LogP contribution in [0.25, 0.3) is 0 Å². The van der Waals surface area contributed by atoms with E-state index in [4.69, 9.17) is 11.6 Å². The topological polar surface area (TPSA) is 52.7 Å². The second-order valence-corrected chi connectivity index (χ2v) is 8.19. The Labute approximate surface area is 161 Å². The molecule has 1 heterocycles. The third kappa shape index (κ3) is 5.90. The van der Waals surface area contributed by atoms with E-state index in [0.717, 1.165) is 37.6 Å². The average Bonchev–Trinajstić information content (AvgIpc) is 2.53. The van der Waals surface area contributed by atoms with Crippen molar-refractivity contribution in [3.05, 3.63) is 23.2 Å². The van der Waals surface area contributed by atoms with E-state index in [0.29, 0.717) is 29.7 Å². The standard InChI is InChI=1S/C20H30ClN3O2/c1-14(2)11-19(25)22-16-5-6-18(17(21)13-16)23-7-9-24(10-8-23)20(26)12-15(3)4/h5-6,13-15H,7-12H2,1-4H3,(H,22,25). The maximum atomic E-state index is 12.2. The van der Waals surface area contributed by atoms with Gasteiger partial charge in [-0.05, 0) is 30.0 Å². The van der Waals surface area contributed by atoms with Crippen molar-refractivity contribution in [1.82, 2.24) is 4.90 Å². The van der Waals surface area contributed by atoms with Gasteiger partial charge in [-0.3, -0.25) is 9.59 Å². The molecule has 1 N–H and O–H groups in total. The summed E-state index contributed by atoms with van der Waals surface area (Å²) in [4.78, 5) is 28.2. The molecular weight excluding hydrogens is 350 g/mol. The molecule has 26 heavy (non-hydrogen) atoms. The van der Waals surface area contributed by atoms with E-state index in [1.165, 1.54) is 0 Å². The molecule has 1 aromatic rings. The Morgan fingerprint density at radius 1 is 1.04 bits per heavy atom. The number of piperazine rings is 1. The lowest BCUT2D eigenvalue weighted by Crippen LogP contribution is -2.49. The molecule has 0 aliphatic carbocycles. The van der Waals surface area contributed by atoms with Crippen LogP contribution in [0.15, 0.2) is 18.2 Å². The molecule has 0 atom stereocenters. The van der Waals surface area contributed by atoms with E-state index in [-0.39, 0.29) is 11.8 Å². The van der Waals surface area contributed by atoms with Gasteiger partial charge in [-0.1, -0.05) is 39.3 Å². The third-order valence-electron chi connectivity index (χ3n) is 4.38. The summed E-state index contributed by atoms with van der Waals surface area (Å²) in [5, 5.41) is 3.51. The van der Waals surface area contributed by atoms with E-state index in [1.807, 2.05) is 30.9 Å². The highest BCUT2D eigenvalue weighted by Gasteiger charge is 2.23. The van der Waals surface area contributed by atoms with E-state index in [2.05, 4.69) is 24.1 Å². The number of nitrogens with one attached hydrogen (secondary N) is 1. The van der Waals surface area contributed by atoms with Gasteiger partial charge in [-0.25, -0.2) is 0 Å². The summed E-state index contributed by atoms with van der Waals surface area (Å²) in [7, 11) is 0. The summed E-state index contributed by atoms with van der Waals surface area (Å²) < 4.78 is 0. The van der Waals surface area contributed by atoms with Crippen LogP contribution in [0, 0.1) is 11.8 Å². The summed E-state index contributed by atoms with van der Waals surface area (Å²) >= 11 is 6.45. The normalized spacial score (nSPS) is 14.9. The van der Waals surface area contributed by atoms with E-state index in [1.54, 1.807) is 6.07 Å². The molecule has 1 aliphatic heterocycles. The van der Waals surface area contributed by atoms with Gasteiger partial charge in [0.25, 0.3) is 0 Å². The van der Waals surface area contributed by atoms with Gasteiger partial charge in [0.15, 0.2) is 0 Å². The van der Waals surface area contributed by atoms with Crippen molar-refractivity contribution >= 4 is 34.8 Å². The van der Waals surface area contributed by atoms with Crippen LogP contribution < -0.4 is 10.2 Å². The van der Waals surface area contributed by atoms with Gasteiger partial charge in [0.2, 0.25) is 11.8 Å². The number of hydrogen-bond donors (Lipinski definition) is 1. The largest absolute Gasteiger partial charge is 0.367 e. The predicted molar refractivity (Wildman–Crippen MR) is 108 cm³/mol. The molecular formula is C20H30ClN3O2. The minimum Gasteiger partial charge on any atom is -0.367 e. The molecule has 0 saturated carbocycles. The number of amides is 2. The van der Waals surface area contributed by atoms with Gasteiger partial charge in [-0.15, -0.1) is 0 Å². The monoisotopic (exact) mass is 379 g/mol. The Morgan fingerprint density at radius 2 is 1.65 bits per heavy atom. The van der Waals surface area contributed by atoms with Gasteiger partial charge < -0.3 is 15.1 Å². The molecule has 2 rings (SSSR count). The third-order valence-corrected chi connectivity index (χ3v) is 4.68. The van der Waals surface area contributed by atoms with Crippen LogP contribution in [-0.4, -0.2) is 42.9 Å². The summed E-state index contributed by atoms with van der Waals surface area (Å²) in [6.07, 6.45) is 1.09. The Hall–Kier alpha value is -1.75. The fourth-order valence-electron chi connectivity index (χ4n) is 3.10. The van der Waals surface area contributed by atoms with Crippen molar-refractivity contribution < 1.29 is 9.59 Å². The van der Waals surface area contributed by atoms with Crippen molar-refractivity contribution in [3.8, 4) is 0 Å². The molecule has 0 unspecified atom stereocenters. The number of anilines is 2. The maximum absolute atomic E-state index is 12.2. The highest BCUT2D eigenvalue weighted by molar-refractivity contribution is 6.33. The number of benzene rings is 1. The van der Waals surface area contributed by atoms with Crippen LogP contribution in [0.1, 0.15) is 40.5 Å². The molecule has 144 valence electrons. The summed E-state index contributed by atoms with van der Waals surface area (Å²) in [6.45, 7) is 11.1. The second-order valence-electron chi connectivity index (χ2n) is 7.78. The molecule has 0 bridgehead atoms. The first-order valence-electron chi connectivity index (χ1n) is 9.38. The predicted octanol–water partition coefficient (Wildman–Crippen LogP) is 4.02. The van der Waals surface area contributed by atoms with Crippen LogP contribution in [-0.2, 0) is 9.59 Å². The first kappa shape index (κ1) is 20.6. The molecule has 1 aliphatic rings. The minimum absolute atomic E-state index is 0.00101. The zero-order chi connectivity index (χ0) is 19.3. The fourth-order valence-corrected chi connectivity index (χ4v) is 3.40. The maximum Gasteiger partial charge on any atom is 0.224 e. The van der Waals surface area contributed by atoms with Crippen molar-refractivity contribution in [3.63, 3.8) is 0 Å². The Bertz CT molecular complexity index is 638. The Morgan fingerprint density at radius 3 is 2.19 bits per heavy atom. The van der Waals surface area contributed by atoms with Gasteiger partial charge >= 0.3 is 0 Å². The lowest BCUT2D eigenvalue weighted by atomic mass is 10.1. The second kappa shape index (κ2) is 9.26. The van der Waals surface area contributed by atoms with Crippen molar-refractivity contribution in [2.45, 2.75) is 40.5 Å². The van der Waals surface area contributed by atoms with E-state index >= 15 is 0 Å². The highest BCUT2D eigenvalue weighted by atomic mass is 35.5. The zero-order valence-electron chi connectivity index (χ0n) is 16.2. The summed E-state index contributed by atoms with van der Waals surface area (Å²) in [5.41, 5.74) is 1.67. The van der Waals surface area contributed by atoms with Gasteiger partial charge in [0.1, 0.15) is 0 Å². The van der Waals surface area contributed by atoms with E-state index in [9.17, 15) is 9.59 Å². The van der Waals surface area contributed by atoms with Crippen LogP contribution in [0.3, 0.4) is 0 Å².